The van der Waals surface area contributed by atoms with Gasteiger partial charge in [0.05, 0.1) is 6.20 Å². The molecular weight excluding hydrogens is 320 g/mol. The maximum atomic E-state index is 10.5. The molecule has 4 rings (SSSR count). The van der Waals surface area contributed by atoms with Gasteiger partial charge in [0.25, 0.3) is 0 Å². The van der Waals surface area contributed by atoms with Crippen LogP contribution in [-0.2, 0) is 5.60 Å². The molecule has 0 aliphatic carbocycles. The minimum atomic E-state index is -1.26. The lowest BCUT2D eigenvalue weighted by molar-refractivity contribution is 0.122. The van der Waals surface area contributed by atoms with Gasteiger partial charge in [-0.25, -0.2) is 4.98 Å². The zero-order valence-electron chi connectivity index (χ0n) is 12.9. The highest BCUT2D eigenvalue weighted by atomic mass is 32.1. The fourth-order valence-electron chi connectivity index (χ4n) is 2.55. The van der Waals surface area contributed by atoms with Crippen LogP contribution in [-0.4, -0.2) is 25.3 Å². The summed E-state index contributed by atoms with van der Waals surface area (Å²) < 4.78 is 0. The van der Waals surface area contributed by atoms with Gasteiger partial charge in [-0.2, -0.15) is 5.10 Å². The SMILES string of the molecule is CC(O)(C#Cc1ccc2[nH]cc(-c3cn[nH]c3)c2c1)c1nccs1. The highest BCUT2D eigenvalue weighted by Gasteiger charge is 2.22. The zero-order valence-corrected chi connectivity index (χ0v) is 13.7. The van der Waals surface area contributed by atoms with Crippen molar-refractivity contribution in [3.63, 3.8) is 0 Å². The van der Waals surface area contributed by atoms with Crippen LogP contribution in [0.25, 0.3) is 22.0 Å². The molecule has 1 aromatic carbocycles. The molecule has 118 valence electrons. The molecule has 0 saturated heterocycles. The van der Waals surface area contributed by atoms with E-state index in [1.54, 1.807) is 19.3 Å². The number of nitrogens with one attached hydrogen (secondary N) is 2. The van der Waals surface area contributed by atoms with Crippen molar-refractivity contribution < 1.29 is 5.11 Å². The number of hydrogen-bond acceptors (Lipinski definition) is 4. The average Bonchev–Trinajstić information content (AvgIpc) is 3.32. The Bertz CT molecular complexity index is 1030. The Kier molecular flexibility index (Phi) is 3.45. The second-order valence-electron chi connectivity index (χ2n) is 5.61. The summed E-state index contributed by atoms with van der Waals surface area (Å²) in [6, 6.07) is 5.93. The number of hydrogen-bond donors (Lipinski definition) is 3. The van der Waals surface area contributed by atoms with Crippen molar-refractivity contribution in [3.8, 4) is 23.0 Å². The van der Waals surface area contributed by atoms with Crippen LogP contribution in [0.1, 0.15) is 17.5 Å². The first-order chi connectivity index (χ1) is 11.6. The van der Waals surface area contributed by atoms with Gasteiger partial charge < -0.3 is 10.1 Å². The van der Waals surface area contributed by atoms with Gasteiger partial charge in [0.1, 0.15) is 5.01 Å². The first-order valence-electron chi connectivity index (χ1n) is 7.39. The molecule has 6 heteroatoms. The number of aliphatic hydroxyl groups is 1. The molecule has 3 heterocycles. The van der Waals surface area contributed by atoms with Gasteiger partial charge in [0.15, 0.2) is 5.60 Å². The quantitative estimate of drug-likeness (QED) is 0.492. The number of aromatic nitrogens is 4. The lowest BCUT2D eigenvalue weighted by Gasteiger charge is -2.11. The van der Waals surface area contributed by atoms with Gasteiger partial charge in [-0.15, -0.1) is 11.3 Å². The van der Waals surface area contributed by atoms with E-state index in [1.807, 2.05) is 36.0 Å². The summed E-state index contributed by atoms with van der Waals surface area (Å²) in [5.74, 6) is 5.97. The Labute approximate surface area is 142 Å². The van der Waals surface area contributed by atoms with E-state index in [2.05, 4.69) is 32.0 Å². The van der Waals surface area contributed by atoms with Gasteiger partial charge in [-0.3, -0.25) is 5.10 Å². The monoisotopic (exact) mass is 334 g/mol. The molecule has 0 aliphatic rings. The van der Waals surface area contributed by atoms with E-state index >= 15 is 0 Å². The van der Waals surface area contributed by atoms with Gasteiger partial charge in [0, 0.05) is 51.6 Å². The Hall–Kier alpha value is -2.88. The van der Waals surface area contributed by atoms with Crippen LogP contribution in [0.5, 0.6) is 0 Å². The molecule has 24 heavy (non-hydrogen) atoms. The summed E-state index contributed by atoms with van der Waals surface area (Å²) in [6.45, 7) is 1.66. The van der Waals surface area contributed by atoms with E-state index < -0.39 is 5.60 Å². The topological polar surface area (TPSA) is 77.6 Å². The van der Waals surface area contributed by atoms with E-state index in [9.17, 15) is 5.11 Å². The van der Waals surface area contributed by atoms with E-state index in [0.29, 0.717) is 5.01 Å². The Balaban J connectivity index is 1.74. The van der Waals surface area contributed by atoms with Crippen molar-refractivity contribution in [1.82, 2.24) is 20.2 Å². The minimum absolute atomic E-state index is 0.594. The fraction of sp³-hybridized carbons (Fsp3) is 0.111. The molecule has 4 aromatic rings. The van der Waals surface area contributed by atoms with E-state index in [1.165, 1.54) is 11.3 Å². The van der Waals surface area contributed by atoms with E-state index in [0.717, 1.165) is 27.6 Å². The highest BCUT2D eigenvalue weighted by molar-refractivity contribution is 7.09. The molecule has 0 amide bonds. The second kappa shape index (κ2) is 5.64. The lowest BCUT2D eigenvalue weighted by Crippen LogP contribution is -2.17. The van der Waals surface area contributed by atoms with Crippen LogP contribution < -0.4 is 0 Å². The van der Waals surface area contributed by atoms with Crippen molar-refractivity contribution in [1.29, 1.82) is 0 Å². The summed E-state index contributed by atoms with van der Waals surface area (Å²) in [5.41, 5.74) is 2.69. The first-order valence-corrected chi connectivity index (χ1v) is 8.27. The van der Waals surface area contributed by atoms with E-state index in [-0.39, 0.29) is 0 Å². The number of H-pyrrole nitrogens is 2. The second-order valence-corrected chi connectivity index (χ2v) is 6.50. The number of aromatic amines is 2. The number of fused-ring (bicyclic) bond motifs is 1. The predicted molar refractivity (Wildman–Crippen MR) is 94.4 cm³/mol. The van der Waals surface area contributed by atoms with Gasteiger partial charge >= 0.3 is 0 Å². The third-order valence-electron chi connectivity index (χ3n) is 3.79. The molecule has 0 radical (unpaired) electrons. The number of benzene rings is 1. The summed E-state index contributed by atoms with van der Waals surface area (Å²) in [4.78, 5) is 7.39. The van der Waals surface area contributed by atoms with Crippen LogP contribution in [0.2, 0.25) is 0 Å². The summed E-state index contributed by atoms with van der Waals surface area (Å²) >= 11 is 1.39. The molecule has 0 fully saturated rings. The first kappa shape index (κ1) is 14.7. The number of rotatable bonds is 2. The van der Waals surface area contributed by atoms with Crippen molar-refractivity contribution >= 4 is 22.2 Å². The molecule has 0 aliphatic heterocycles. The molecule has 5 nitrogen and oxygen atoms in total. The minimum Gasteiger partial charge on any atom is -0.371 e. The molecule has 0 saturated carbocycles. The lowest BCUT2D eigenvalue weighted by atomic mass is 10.0. The van der Waals surface area contributed by atoms with E-state index in [4.69, 9.17) is 0 Å². The molecule has 0 spiro atoms. The Morgan fingerprint density at radius 2 is 2.21 bits per heavy atom. The van der Waals surface area contributed by atoms with Crippen LogP contribution >= 0.6 is 11.3 Å². The fourth-order valence-corrected chi connectivity index (χ4v) is 3.20. The van der Waals surface area contributed by atoms with Crippen molar-refractivity contribution in [2.75, 3.05) is 0 Å². The van der Waals surface area contributed by atoms with Crippen molar-refractivity contribution in [2.24, 2.45) is 0 Å². The third kappa shape index (κ3) is 2.60. The van der Waals surface area contributed by atoms with Crippen LogP contribution in [0.3, 0.4) is 0 Å². The standard InChI is InChI=1S/C18H14N4OS/c1-18(23,17-19-6-7-24-17)5-4-12-2-3-16-14(8-12)15(11-20-16)13-9-21-22-10-13/h2-3,6-11,20,23H,1H3,(H,21,22). The summed E-state index contributed by atoms with van der Waals surface area (Å²) in [7, 11) is 0. The van der Waals surface area contributed by atoms with Crippen molar-refractivity contribution in [3.05, 3.63) is 58.9 Å². The van der Waals surface area contributed by atoms with Gasteiger partial charge in [0.2, 0.25) is 0 Å². The van der Waals surface area contributed by atoms with Crippen LogP contribution in [0.15, 0.2) is 48.4 Å². The molecule has 1 atom stereocenters. The molecular formula is C18H14N4OS. The maximum absolute atomic E-state index is 10.5. The Morgan fingerprint density at radius 1 is 1.29 bits per heavy atom. The van der Waals surface area contributed by atoms with Crippen LogP contribution in [0, 0.1) is 11.8 Å². The molecule has 0 bridgehead atoms. The maximum Gasteiger partial charge on any atom is 0.174 e. The largest absolute Gasteiger partial charge is 0.371 e. The molecule has 1 unspecified atom stereocenters. The summed E-state index contributed by atoms with van der Waals surface area (Å²) in [5, 5.41) is 20.8. The zero-order chi connectivity index (χ0) is 16.6. The van der Waals surface area contributed by atoms with Gasteiger partial charge in [-0.05, 0) is 25.1 Å². The number of nitrogens with zero attached hydrogens (tertiary/aromatic N) is 2. The molecule has 3 N–H and O–H groups in total. The highest BCUT2D eigenvalue weighted by Crippen LogP contribution is 2.28. The van der Waals surface area contributed by atoms with Gasteiger partial charge in [-0.1, -0.05) is 11.8 Å². The van der Waals surface area contributed by atoms with Crippen molar-refractivity contribution in [2.45, 2.75) is 12.5 Å². The smallest absolute Gasteiger partial charge is 0.174 e. The summed E-state index contributed by atoms with van der Waals surface area (Å²) in [6.07, 6.45) is 7.26. The average molecular weight is 334 g/mol. The number of thiazole rings is 1. The third-order valence-corrected chi connectivity index (χ3v) is 4.77. The normalized spacial score (nSPS) is 13.4. The van der Waals surface area contributed by atoms with Crippen LogP contribution in [0.4, 0.5) is 0 Å². The Morgan fingerprint density at radius 3 is 2.96 bits per heavy atom. The molecule has 3 aromatic heterocycles. The predicted octanol–water partition coefficient (Wildman–Crippen LogP) is 3.27.